The molecule has 0 saturated heterocycles. The van der Waals surface area contributed by atoms with Gasteiger partial charge in [0.15, 0.2) is 0 Å². The molecule has 2 aromatic rings. The van der Waals surface area contributed by atoms with E-state index in [0.29, 0.717) is 24.8 Å². The maximum Gasteiger partial charge on any atom is 0.242 e. The molecule has 1 aromatic carbocycles. The molecule has 0 aliphatic carbocycles. The van der Waals surface area contributed by atoms with Gasteiger partial charge in [0.25, 0.3) is 0 Å². The SMILES string of the molecule is CC(=O)N(CCC(C)C)CC(=O)N1CCc2sccc2C1COc1cccc(F)c1. The molecule has 5 nitrogen and oxygen atoms in total. The largest absolute Gasteiger partial charge is 0.491 e. The Kier molecular flexibility index (Phi) is 7.48. The molecule has 0 saturated carbocycles. The van der Waals surface area contributed by atoms with Gasteiger partial charge in [0.2, 0.25) is 11.8 Å². The number of amides is 2. The minimum absolute atomic E-state index is 0.0674. The van der Waals surface area contributed by atoms with E-state index in [1.807, 2.05) is 11.4 Å². The first-order valence-corrected chi connectivity index (χ1v) is 11.2. The average Bonchev–Trinajstić information content (AvgIpc) is 3.17. The van der Waals surface area contributed by atoms with Crippen molar-refractivity contribution in [3.8, 4) is 5.75 Å². The highest BCUT2D eigenvalue weighted by atomic mass is 32.1. The van der Waals surface area contributed by atoms with E-state index in [1.54, 1.807) is 33.3 Å². The molecular formula is C23H29FN2O3S. The van der Waals surface area contributed by atoms with E-state index in [-0.39, 0.29) is 36.8 Å². The first kappa shape index (κ1) is 22.3. The lowest BCUT2D eigenvalue weighted by atomic mass is 10.0. The highest BCUT2D eigenvalue weighted by molar-refractivity contribution is 7.10. The van der Waals surface area contributed by atoms with E-state index in [2.05, 4.69) is 13.8 Å². The number of benzene rings is 1. The lowest BCUT2D eigenvalue weighted by molar-refractivity contribution is -0.142. The van der Waals surface area contributed by atoms with Gasteiger partial charge in [-0.2, -0.15) is 0 Å². The molecule has 0 radical (unpaired) electrons. The van der Waals surface area contributed by atoms with Crippen LogP contribution in [-0.4, -0.2) is 47.9 Å². The quantitative estimate of drug-likeness (QED) is 0.625. The van der Waals surface area contributed by atoms with Gasteiger partial charge in [-0.05, 0) is 47.9 Å². The number of halogens is 1. The predicted octanol–water partition coefficient (Wildman–Crippen LogP) is 4.29. The van der Waals surface area contributed by atoms with Crippen molar-refractivity contribution in [2.24, 2.45) is 5.92 Å². The molecule has 0 bridgehead atoms. The summed E-state index contributed by atoms with van der Waals surface area (Å²) in [5.41, 5.74) is 1.08. The number of hydrogen-bond donors (Lipinski definition) is 0. The summed E-state index contributed by atoms with van der Waals surface area (Å²) in [5, 5.41) is 2.03. The van der Waals surface area contributed by atoms with Gasteiger partial charge in [-0.3, -0.25) is 9.59 Å². The van der Waals surface area contributed by atoms with Crippen LogP contribution in [0.5, 0.6) is 5.75 Å². The first-order chi connectivity index (χ1) is 14.3. The van der Waals surface area contributed by atoms with Gasteiger partial charge in [-0.25, -0.2) is 4.39 Å². The summed E-state index contributed by atoms with van der Waals surface area (Å²) in [6.07, 6.45) is 1.65. The topological polar surface area (TPSA) is 49.9 Å². The van der Waals surface area contributed by atoms with Crippen LogP contribution in [-0.2, 0) is 16.0 Å². The Bertz CT molecular complexity index is 883. The molecule has 1 aromatic heterocycles. The molecule has 30 heavy (non-hydrogen) atoms. The molecule has 0 fully saturated rings. The van der Waals surface area contributed by atoms with Crippen LogP contribution < -0.4 is 4.74 Å². The van der Waals surface area contributed by atoms with Crippen molar-refractivity contribution in [1.29, 1.82) is 0 Å². The standard InChI is InChI=1S/C23H29FN2O3S/c1-16(2)7-10-25(17(3)27)14-23(28)26-11-8-22-20(9-12-30-22)21(26)15-29-19-6-4-5-18(24)13-19/h4-6,9,12-13,16,21H,7-8,10-11,14-15H2,1-3H3. The van der Waals surface area contributed by atoms with E-state index < -0.39 is 0 Å². The molecule has 162 valence electrons. The van der Waals surface area contributed by atoms with Crippen molar-refractivity contribution in [3.63, 3.8) is 0 Å². The van der Waals surface area contributed by atoms with E-state index in [9.17, 15) is 14.0 Å². The number of hydrogen-bond acceptors (Lipinski definition) is 4. The molecular weight excluding hydrogens is 403 g/mol. The van der Waals surface area contributed by atoms with Crippen molar-refractivity contribution < 1.29 is 18.7 Å². The fraction of sp³-hybridized carbons (Fsp3) is 0.478. The van der Waals surface area contributed by atoms with Crippen LogP contribution in [0.25, 0.3) is 0 Å². The summed E-state index contributed by atoms with van der Waals surface area (Å²) < 4.78 is 19.3. The second-order valence-electron chi connectivity index (χ2n) is 8.04. The van der Waals surface area contributed by atoms with Crippen LogP contribution in [0.3, 0.4) is 0 Å². The van der Waals surface area contributed by atoms with Gasteiger partial charge in [-0.15, -0.1) is 11.3 Å². The van der Waals surface area contributed by atoms with Gasteiger partial charge in [-0.1, -0.05) is 19.9 Å². The van der Waals surface area contributed by atoms with Crippen LogP contribution in [0.15, 0.2) is 35.7 Å². The molecule has 1 aliphatic heterocycles. The predicted molar refractivity (Wildman–Crippen MR) is 116 cm³/mol. The van der Waals surface area contributed by atoms with Gasteiger partial charge < -0.3 is 14.5 Å². The second kappa shape index (κ2) is 10.1. The number of thiophene rings is 1. The van der Waals surface area contributed by atoms with Crippen molar-refractivity contribution in [2.75, 3.05) is 26.2 Å². The highest BCUT2D eigenvalue weighted by Crippen LogP contribution is 2.34. The molecule has 1 atom stereocenters. The maximum absolute atomic E-state index is 13.5. The zero-order valence-corrected chi connectivity index (χ0v) is 18.6. The number of ether oxygens (including phenoxy) is 1. The summed E-state index contributed by atoms with van der Waals surface area (Å²) in [6.45, 7) is 7.17. The third-order valence-corrected chi connectivity index (χ3v) is 6.36. The molecule has 1 aliphatic rings. The van der Waals surface area contributed by atoms with Crippen molar-refractivity contribution in [1.82, 2.24) is 9.80 Å². The Labute approximate surface area is 181 Å². The lowest BCUT2D eigenvalue weighted by Gasteiger charge is -2.37. The number of fused-ring (bicyclic) bond motifs is 1. The zero-order valence-electron chi connectivity index (χ0n) is 17.8. The summed E-state index contributed by atoms with van der Waals surface area (Å²) in [5.74, 6) is 0.357. The smallest absolute Gasteiger partial charge is 0.242 e. The average molecular weight is 433 g/mol. The van der Waals surface area contributed by atoms with Gasteiger partial charge in [0, 0.05) is 31.0 Å². The Morgan fingerprint density at radius 2 is 2.13 bits per heavy atom. The van der Waals surface area contributed by atoms with Crippen LogP contribution in [0.1, 0.15) is 43.7 Å². The third-order valence-electron chi connectivity index (χ3n) is 5.37. The van der Waals surface area contributed by atoms with Crippen LogP contribution >= 0.6 is 11.3 Å². The fourth-order valence-corrected chi connectivity index (χ4v) is 4.55. The molecule has 1 unspecified atom stereocenters. The Hall–Kier alpha value is -2.41. The van der Waals surface area contributed by atoms with Gasteiger partial charge in [0.05, 0.1) is 12.6 Å². The summed E-state index contributed by atoms with van der Waals surface area (Å²) in [6, 6.07) is 7.79. The van der Waals surface area contributed by atoms with Crippen molar-refractivity contribution in [2.45, 2.75) is 39.7 Å². The van der Waals surface area contributed by atoms with Crippen LogP contribution in [0, 0.1) is 11.7 Å². The Morgan fingerprint density at radius 1 is 1.33 bits per heavy atom. The first-order valence-electron chi connectivity index (χ1n) is 10.3. The molecule has 2 amide bonds. The molecule has 0 spiro atoms. The third kappa shape index (κ3) is 5.59. The maximum atomic E-state index is 13.5. The number of carbonyl (C=O) groups excluding carboxylic acids is 2. The second-order valence-corrected chi connectivity index (χ2v) is 9.04. The van der Waals surface area contributed by atoms with Crippen LogP contribution in [0.2, 0.25) is 0 Å². The number of carbonyl (C=O) groups is 2. The monoisotopic (exact) mass is 432 g/mol. The molecule has 3 rings (SSSR count). The van der Waals surface area contributed by atoms with Gasteiger partial charge >= 0.3 is 0 Å². The van der Waals surface area contributed by atoms with Crippen molar-refractivity contribution >= 4 is 23.2 Å². The molecule has 7 heteroatoms. The summed E-state index contributed by atoms with van der Waals surface area (Å²) in [4.78, 5) is 29.9. The number of nitrogens with zero attached hydrogens (tertiary/aromatic N) is 2. The highest BCUT2D eigenvalue weighted by Gasteiger charge is 2.33. The minimum Gasteiger partial charge on any atom is -0.491 e. The fourth-order valence-electron chi connectivity index (χ4n) is 3.62. The Morgan fingerprint density at radius 3 is 2.83 bits per heavy atom. The minimum atomic E-state index is -0.359. The Balaban J connectivity index is 1.74. The number of rotatable bonds is 8. The van der Waals surface area contributed by atoms with E-state index in [1.165, 1.54) is 23.9 Å². The molecule has 0 N–H and O–H groups in total. The summed E-state index contributed by atoms with van der Waals surface area (Å²) in [7, 11) is 0. The zero-order chi connectivity index (χ0) is 21.7. The van der Waals surface area contributed by atoms with E-state index in [4.69, 9.17) is 4.74 Å². The lowest BCUT2D eigenvalue weighted by Crippen LogP contribution is -2.47. The van der Waals surface area contributed by atoms with Crippen molar-refractivity contribution in [3.05, 3.63) is 52.0 Å². The van der Waals surface area contributed by atoms with Gasteiger partial charge in [0.1, 0.15) is 18.2 Å². The van der Waals surface area contributed by atoms with E-state index in [0.717, 1.165) is 18.4 Å². The molecule has 2 heterocycles. The summed E-state index contributed by atoms with van der Waals surface area (Å²) >= 11 is 1.68. The van der Waals surface area contributed by atoms with E-state index >= 15 is 0 Å². The normalized spacial score (nSPS) is 15.8. The van der Waals surface area contributed by atoms with Crippen LogP contribution in [0.4, 0.5) is 4.39 Å².